The predicted octanol–water partition coefficient (Wildman–Crippen LogP) is 2.27. The number of nitro groups is 1. The highest BCUT2D eigenvalue weighted by Crippen LogP contribution is 2.27. The molecule has 1 aromatic carbocycles. The highest BCUT2D eigenvalue weighted by atomic mass is 35.5. The van der Waals surface area contributed by atoms with Crippen LogP contribution in [0.3, 0.4) is 0 Å². The molecule has 16 heavy (non-hydrogen) atoms. The third-order valence-electron chi connectivity index (χ3n) is 2.09. The molecule has 0 radical (unpaired) electrons. The molecular formula is C10H10ClNO4. The van der Waals surface area contributed by atoms with Crippen LogP contribution in [0.4, 0.5) is 5.69 Å². The normalized spacial score (nSPS) is 9.94. The second-order valence-electron chi connectivity index (χ2n) is 3.25. The number of nitro benzene ring substituents is 1. The van der Waals surface area contributed by atoms with Crippen molar-refractivity contribution in [2.75, 3.05) is 7.11 Å². The monoisotopic (exact) mass is 243 g/mol. The average Bonchev–Trinajstić information content (AvgIpc) is 2.23. The van der Waals surface area contributed by atoms with E-state index in [2.05, 4.69) is 4.74 Å². The molecule has 0 amide bonds. The van der Waals surface area contributed by atoms with Gasteiger partial charge in [-0.2, -0.15) is 0 Å². The number of methoxy groups -OCH3 is 1. The van der Waals surface area contributed by atoms with E-state index in [0.717, 1.165) is 0 Å². The Labute approximate surface area is 97.1 Å². The molecule has 0 spiro atoms. The Hall–Kier alpha value is -1.62. The first kappa shape index (κ1) is 12.4. The molecule has 0 aliphatic rings. The van der Waals surface area contributed by atoms with Crippen molar-refractivity contribution in [1.29, 1.82) is 0 Å². The second-order valence-corrected chi connectivity index (χ2v) is 3.62. The Kier molecular flexibility index (Phi) is 3.84. The van der Waals surface area contributed by atoms with Crippen molar-refractivity contribution in [3.63, 3.8) is 0 Å². The van der Waals surface area contributed by atoms with Gasteiger partial charge < -0.3 is 4.74 Å². The molecule has 1 rings (SSSR count). The number of nitrogens with zero attached hydrogens (tertiary/aromatic N) is 1. The summed E-state index contributed by atoms with van der Waals surface area (Å²) in [6, 6.07) is 2.65. The molecule has 0 aliphatic heterocycles. The molecular weight excluding hydrogens is 234 g/mol. The maximum atomic E-state index is 11.1. The van der Waals surface area contributed by atoms with E-state index in [1.165, 1.54) is 19.2 Å². The van der Waals surface area contributed by atoms with Crippen LogP contribution in [0, 0.1) is 17.0 Å². The summed E-state index contributed by atoms with van der Waals surface area (Å²) >= 11 is 5.94. The van der Waals surface area contributed by atoms with Crippen LogP contribution in [0.5, 0.6) is 0 Å². The molecule has 1 aromatic rings. The Morgan fingerprint density at radius 3 is 2.69 bits per heavy atom. The highest BCUT2D eigenvalue weighted by Gasteiger charge is 2.15. The SMILES string of the molecule is COC(=O)Cc1cc([N+](=O)[O-])cc(C)c1Cl. The molecule has 0 saturated carbocycles. The maximum absolute atomic E-state index is 11.1. The van der Waals surface area contributed by atoms with Gasteiger partial charge in [-0.15, -0.1) is 0 Å². The summed E-state index contributed by atoms with van der Waals surface area (Å²) in [4.78, 5) is 21.2. The van der Waals surface area contributed by atoms with Crippen LogP contribution >= 0.6 is 11.6 Å². The first-order valence-electron chi connectivity index (χ1n) is 4.46. The molecule has 0 heterocycles. The first-order valence-corrected chi connectivity index (χ1v) is 4.83. The van der Waals surface area contributed by atoms with E-state index in [-0.39, 0.29) is 12.1 Å². The summed E-state index contributed by atoms with van der Waals surface area (Å²) < 4.78 is 4.48. The van der Waals surface area contributed by atoms with Crippen LogP contribution in [0.1, 0.15) is 11.1 Å². The third kappa shape index (κ3) is 2.70. The minimum atomic E-state index is -0.524. The van der Waals surface area contributed by atoms with Gasteiger partial charge >= 0.3 is 5.97 Å². The number of hydrogen-bond acceptors (Lipinski definition) is 4. The van der Waals surface area contributed by atoms with E-state index in [4.69, 9.17) is 11.6 Å². The van der Waals surface area contributed by atoms with Crippen LogP contribution in [-0.2, 0) is 16.0 Å². The summed E-state index contributed by atoms with van der Waals surface area (Å²) in [6.07, 6.45) is -0.0716. The minimum absolute atomic E-state index is 0.0716. The first-order chi connectivity index (χ1) is 7.45. The lowest BCUT2D eigenvalue weighted by Gasteiger charge is -2.05. The summed E-state index contributed by atoms with van der Waals surface area (Å²) in [5.41, 5.74) is 0.885. The van der Waals surface area contributed by atoms with Gasteiger partial charge in [0.05, 0.1) is 18.5 Å². The predicted molar refractivity (Wildman–Crippen MR) is 58.6 cm³/mol. The topological polar surface area (TPSA) is 69.4 Å². The number of hydrogen-bond donors (Lipinski definition) is 0. The van der Waals surface area contributed by atoms with Crippen molar-refractivity contribution in [1.82, 2.24) is 0 Å². The van der Waals surface area contributed by atoms with Crippen LogP contribution < -0.4 is 0 Å². The summed E-state index contributed by atoms with van der Waals surface area (Å²) in [5, 5.41) is 11.0. The zero-order chi connectivity index (χ0) is 12.3. The zero-order valence-corrected chi connectivity index (χ0v) is 9.58. The number of rotatable bonds is 3. The van der Waals surface area contributed by atoms with Crippen LogP contribution in [0.2, 0.25) is 5.02 Å². The smallest absolute Gasteiger partial charge is 0.310 e. The standard InChI is InChI=1S/C10H10ClNO4/c1-6-3-8(12(14)15)4-7(10(6)11)5-9(13)16-2/h3-4H,5H2,1-2H3. The van der Waals surface area contributed by atoms with Crippen molar-refractivity contribution in [3.8, 4) is 0 Å². The van der Waals surface area contributed by atoms with E-state index in [9.17, 15) is 14.9 Å². The molecule has 0 bridgehead atoms. The Bertz CT molecular complexity index is 445. The molecule has 0 unspecified atom stereocenters. The lowest BCUT2D eigenvalue weighted by Crippen LogP contribution is -2.06. The van der Waals surface area contributed by atoms with Gasteiger partial charge in [0.25, 0.3) is 5.69 Å². The third-order valence-corrected chi connectivity index (χ3v) is 2.63. The molecule has 0 fully saturated rings. The zero-order valence-electron chi connectivity index (χ0n) is 8.82. The molecule has 0 saturated heterocycles. The van der Waals surface area contributed by atoms with E-state index in [0.29, 0.717) is 16.1 Å². The van der Waals surface area contributed by atoms with Crippen LogP contribution in [0.25, 0.3) is 0 Å². The minimum Gasteiger partial charge on any atom is -0.469 e. The number of carbonyl (C=O) groups is 1. The molecule has 6 heteroatoms. The van der Waals surface area contributed by atoms with Crippen LogP contribution in [-0.4, -0.2) is 18.0 Å². The number of benzene rings is 1. The van der Waals surface area contributed by atoms with Gasteiger partial charge in [0, 0.05) is 17.2 Å². The van der Waals surface area contributed by atoms with Crippen molar-refractivity contribution in [2.24, 2.45) is 0 Å². The van der Waals surface area contributed by atoms with E-state index < -0.39 is 10.9 Å². The fourth-order valence-corrected chi connectivity index (χ4v) is 1.46. The largest absolute Gasteiger partial charge is 0.469 e. The van der Waals surface area contributed by atoms with Gasteiger partial charge in [-0.3, -0.25) is 14.9 Å². The van der Waals surface area contributed by atoms with Gasteiger partial charge in [0.15, 0.2) is 0 Å². The number of esters is 1. The van der Waals surface area contributed by atoms with Gasteiger partial charge in [0.2, 0.25) is 0 Å². The molecule has 5 nitrogen and oxygen atoms in total. The van der Waals surface area contributed by atoms with Gasteiger partial charge in [-0.25, -0.2) is 0 Å². The van der Waals surface area contributed by atoms with Gasteiger partial charge in [-0.05, 0) is 18.1 Å². The summed E-state index contributed by atoms with van der Waals surface area (Å²) in [7, 11) is 1.25. The van der Waals surface area contributed by atoms with Crippen molar-refractivity contribution in [2.45, 2.75) is 13.3 Å². The maximum Gasteiger partial charge on any atom is 0.310 e. The average molecular weight is 244 g/mol. The van der Waals surface area contributed by atoms with E-state index >= 15 is 0 Å². The summed E-state index contributed by atoms with van der Waals surface area (Å²) in [6.45, 7) is 1.65. The molecule has 0 atom stereocenters. The van der Waals surface area contributed by atoms with E-state index in [1.807, 2.05) is 0 Å². The van der Waals surface area contributed by atoms with E-state index in [1.54, 1.807) is 6.92 Å². The lowest BCUT2D eigenvalue weighted by molar-refractivity contribution is -0.385. The fraction of sp³-hybridized carbons (Fsp3) is 0.300. The van der Waals surface area contributed by atoms with Gasteiger partial charge in [-0.1, -0.05) is 11.6 Å². The van der Waals surface area contributed by atoms with Crippen molar-refractivity contribution < 1.29 is 14.5 Å². The lowest BCUT2D eigenvalue weighted by atomic mass is 10.1. The quantitative estimate of drug-likeness (QED) is 0.464. The molecule has 86 valence electrons. The van der Waals surface area contributed by atoms with Crippen molar-refractivity contribution >= 4 is 23.3 Å². The number of carbonyl (C=O) groups excluding carboxylic acids is 1. The highest BCUT2D eigenvalue weighted by molar-refractivity contribution is 6.32. The van der Waals surface area contributed by atoms with Crippen molar-refractivity contribution in [3.05, 3.63) is 38.4 Å². The van der Waals surface area contributed by atoms with Crippen LogP contribution in [0.15, 0.2) is 12.1 Å². The Morgan fingerprint density at radius 2 is 2.19 bits per heavy atom. The fourth-order valence-electron chi connectivity index (χ4n) is 1.28. The summed E-state index contributed by atoms with van der Waals surface area (Å²) in [5.74, 6) is -0.484. The Balaban J connectivity index is 3.16. The van der Waals surface area contributed by atoms with Gasteiger partial charge in [0.1, 0.15) is 0 Å². The Morgan fingerprint density at radius 1 is 1.56 bits per heavy atom. The number of non-ortho nitro benzene ring substituents is 1. The molecule has 0 aliphatic carbocycles. The number of aryl methyl sites for hydroxylation is 1. The number of ether oxygens (including phenoxy) is 1. The second kappa shape index (κ2) is 4.94. The number of halogens is 1. The molecule has 0 aromatic heterocycles. The molecule has 0 N–H and O–H groups in total.